The minimum Gasteiger partial charge on any atom is -0.467 e. The largest absolute Gasteiger partial charge is 0.467 e. The molecule has 0 spiro atoms. The number of thioether (sulfide) groups is 1. The Morgan fingerprint density at radius 1 is 1.12 bits per heavy atom. The third kappa shape index (κ3) is 5.20. The zero-order valence-corrected chi connectivity index (χ0v) is 18.8. The maximum Gasteiger partial charge on any atom is 0.233 e. The van der Waals surface area contributed by atoms with E-state index < -0.39 is 0 Å². The van der Waals surface area contributed by atoms with Crippen molar-refractivity contribution in [3.63, 3.8) is 0 Å². The van der Waals surface area contributed by atoms with Gasteiger partial charge in [-0.3, -0.25) is 9.36 Å². The van der Waals surface area contributed by atoms with Crippen molar-refractivity contribution in [1.82, 2.24) is 19.7 Å². The van der Waals surface area contributed by atoms with Crippen LogP contribution in [0.25, 0.3) is 11.4 Å². The van der Waals surface area contributed by atoms with E-state index in [4.69, 9.17) is 16.0 Å². The SMILES string of the molecule is CN(Cc1ccccc1F)C(=O)CSc1nnc(-c2ccc(Cl)cc2)n1Cc1ccco1. The number of furan rings is 1. The maximum absolute atomic E-state index is 13.9. The van der Waals surface area contributed by atoms with E-state index in [1.165, 1.54) is 22.7 Å². The Morgan fingerprint density at radius 2 is 1.91 bits per heavy atom. The maximum atomic E-state index is 13.9. The van der Waals surface area contributed by atoms with Gasteiger partial charge in [-0.2, -0.15) is 0 Å². The molecule has 4 aromatic rings. The van der Waals surface area contributed by atoms with Crippen molar-refractivity contribution in [3.8, 4) is 11.4 Å². The van der Waals surface area contributed by atoms with Gasteiger partial charge in [0.2, 0.25) is 5.91 Å². The van der Waals surface area contributed by atoms with E-state index in [2.05, 4.69) is 10.2 Å². The number of halogens is 2. The molecule has 2 aromatic heterocycles. The molecule has 4 rings (SSSR count). The molecule has 0 radical (unpaired) electrons. The van der Waals surface area contributed by atoms with Gasteiger partial charge in [0.15, 0.2) is 11.0 Å². The number of carbonyl (C=O) groups excluding carboxylic acids is 1. The van der Waals surface area contributed by atoms with Crippen LogP contribution in [0.5, 0.6) is 0 Å². The van der Waals surface area contributed by atoms with E-state index in [0.717, 1.165) is 11.3 Å². The second kappa shape index (κ2) is 10.0. The van der Waals surface area contributed by atoms with Crippen LogP contribution in [0.2, 0.25) is 5.02 Å². The van der Waals surface area contributed by atoms with Crippen molar-refractivity contribution in [3.05, 3.63) is 89.1 Å². The molecule has 9 heteroatoms. The lowest BCUT2D eigenvalue weighted by Gasteiger charge is -2.17. The molecule has 0 N–H and O–H groups in total. The second-order valence-electron chi connectivity index (χ2n) is 7.11. The van der Waals surface area contributed by atoms with E-state index >= 15 is 0 Å². The summed E-state index contributed by atoms with van der Waals surface area (Å²) in [6.45, 7) is 0.612. The normalized spacial score (nSPS) is 11.0. The summed E-state index contributed by atoms with van der Waals surface area (Å²) in [5, 5.41) is 9.84. The summed E-state index contributed by atoms with van der Waals surface area (Å²) in [6.07, 6.45) is 1.61. The Hall–Kier alpha value is -3.10. The second-order valence-corrected chi connectivity index (χ2v) is 8.49. The Bertz CT molecular complexity index is 1200. The van der Waals surface area contributed by atoms with Crippen molar-refractivity contribution < 1.29 is 13.6 Å². The fraction of sp³-hybridized carbons (Fsp3) is 0.174. The Labute approximate surface area is 194 Å². The summed E-state index contributed by atoms with van der Waals surface area (Å²) in [7, 11) is 1.65. The molecule has 0 aliphatic heterocycles. The van der Waals surface area contributed by atoms with E-state index in [9.17, 15) is 9.18 Å². The van der Waals surface area contributed by atoms with Gasteiger partial charge in [-0.1, -0.05) is 41.6 Å². The summed E-state index contributed by atoms with van der Waals surface area (Å²) < 4.78 is 21.3. The number of rotatable bonds is 8. The van der Waals surface area contributed by atoms with E-state index in [0.29, 0.717) is 28.1 Å². The molecule has 2 heterocycles. The van der Waals surface area contributed by atoms with Crippen LogP contribution in [0.1, 0.15) is 11.3 Å². The third-order valence-corrected chi connectivity index (χ3v) is 6.03. The van der Waals surface area contributed by atoms with Crippen LogP contribution in [0.15, 0.2) is 76.5 Å². The number of amides is 1. The molecule has 1 amide bonds. The quantitative estimate of drug-likeness (QED) is 0.334. The van der Waals surface area contributed by atoms with Gasteiger partial charge < -0.3 is 9.32 Å². The summed E-state index contributed by atoms with van der Waals surface area (Å²) >= 11 is 7.29. The van der Waals surface area contributed by atoms with Crippen LogP contribution in [0, 0.1) is 5.82 Å². The molecular formula is C23H20ClFN4O2S. The molecule has 0 unspecified atom stereocenters. The standard InChI is InChI=1S/C23H20ClFN4O2S/c1-28(13-17-5-2-3-7-20(17)25)21(30)15-32-23-27-26-22(16-8-10-18(24)11-9-16)29(23)14-19-6-4-12-31-19/h2-12H,13-15H2,1H3. The molecule has 0 saturated heterocycles. The lowest BCUT2D eigenvalue weighted by Crippen LogP contribution is -2.28. The highest BCUT2D eigenvalue weighted by atomic mass is 35.5. The van der Waals surface area contributed by atoms with E-state index in [-0.39, 0.29) is 24.0 Å². The molecule has 0 fully saturated rings. The zero-order chi connectivity index (χ0) is 22.5. The topological polar surface area (TPSA) is 64.2 Å². The van der Waals surface area contributed by atoms with Gasteiger partial charge in [0, 0.05) is 29.7 Å². The Morgan fingerprint density at radius 3 is 2.62 bits per heavy atom. The summed E-state index contributed by atoms with van der Waals surface area (Å²) in [5.74, 6) is 1.06. The summed E-state index contributed by atoms with van der Waals surface area (Å²) in [6, 6.07) is 17.4. The molecular weight excluding hydrogens is 451 g/mol. The molecule has 6 nitrogen and oxygen atoms in total. The van der Waals surface area contributed by atoms with Crippen molar-refractivity contribution in [2.75, 3.05) is 12.8 Å². The molecule has 164 valence electrons. The first-order valence-electron chi connectivity index (χ1n) is 9.83. The lowest BCUT2D eigenvalue weighted by molar-refractivity contribution is -0.127. The number of carbonyl (C=O) groups is 1. The minimum absolute atomic E-state index is 0.140. The van der Waals surface area contributed by atoms with Gasteiger partial charge in [0.1, 0.15) is 11.6 Å². The molecule has 0 aliphatic rings. The highest BCUT2D eigenvalue weighted by molar-refractivity contribution is 7.99. The van der Waals surface area contributed by atoms with E-state index in [1.807, 2.05) is 28.8 Å². The van der Waals surface area contributed by atoms with Gasteiger partial charge in [0.05, 0.1) is 18.6 Å². The fourth-order valence-corrected chi connectivity index (χ4v) is 4.12. The van der Waals surface area contributed by atoms with Crippen LogP contribution in [-0.4, -0.2) is 38.4 Å². The predicted octanol–water partition coefficient (Wildman–Crippen LogP) is 5.13. The third-order valence-electron chi connectivity index (χ3n) is 4.83. The highest BCUT2D eigenvalue weighted by Crippen LogP contribution is 2.26. The van der Waals surface area contributed by atoms with Gasteiger partial charge >= 0.3 is 0 Å². The van der Waals surface area contributed by atoms with Crippen molar-refractivity contribution in [2.24, 2.45) is 0 Å². The van der Waals surface area contributed by atoms with Crippen LogP contribution in [-0.2, 0) is 17.9 Å². The molecule has 0 aliphatic carbocycles. The summed E-state index contributed by atoms with van der Waals surface area (Å²) in [4.78, 5) is 14.2. The number of hydrogen-bond acceptors (Lipinski definition) is 5. The van der Waals surface area contributed by atoms with Crippen molar-refractivity contribution in [1.29, 1.82) is 0 Å². The average molecular weight is 471 g/mol. The van der Waals surface area contributed by atoms with Gasteiger partial charge in [0.25, 0.3) is 0 Å². The van der Waals surface area contributed by atoms with Crippen LogP contribution < -0.4 is 0 Å². The van der Waals surface area contributed by atoms with Gasteiger partial charge in [-0.25, -0.2) is 4.39 Å². The smallest absolute Gasteiger partial charge is 0.233 e. The molecule has 32 heavy (non-hydrogen) atoms. The fourth-order valence-electron chi connectivity index (χ4n) is 3.12. The predicted molar refractivity (Wildman–Crippen MR) is 122 cm³/mol. The molecule has 0 atom stereocenters. The summed E-state index contributed by atoms with van der Waals surface area (Å²) in [5.41, 5.74) is 1.32. The van der Waals surface area contributed by atoms with E-state index in [1.54, 1.807) is 43.6 Å². The number of aromatic nitrogens is 3. The highest BCUT2D eigenvalue weighted by Gasteiger charge is 2.19. The first-order valence-corrected chi connectivity index (χ1v) is 11.2. The first kappa shape index (κ1) is 22.1. The molecule has 2 aromatic carbocycles. The first-order chi connectivity index (χ1) is 15.5. The lowest BCUT2D eigenvalue weighted by atomic mass is 10.2. The van der Waals surface area contributed by atoms with Gasteiger partial charge in [-0.05, 0) is 42.5 Å². The van der Waals surface area contributed by atoms with Crippen molar-refractivity contribution >= 4 is 29.3 Å². The minimum atomic E-state index is -0.328. The van der Waals surface area contributed by atoms with Gasteiger partial charge in [-0.15, -0.1) is 10.2 Å². The van der Waals surface area contributed by atoms with Crippen LogP contribution >= 0.6 is 23.4 Å². The number of hydrogen-bond donors (Lipinski definition) is 0. The zero-order valence-electron chi connectivity index (χ0n) is 17.2. The van der Waals surface area contributed by atoms with Crippen LogP contribution in [0.3, 0.4) is 0 Å². The monoisotopic (exact) mass is 470 g/mol. The molecule has 0 saturated carbocycles. The molecule has 0 bridgehead atoms. The van der Waals surface area contributed by atoms with Crippen molar-refractivity contribution in [2.45, 2.75) is 18.2 Å². The number of benzene rings is 2. The number of nitrogens with zero attached hydrogens (tertiary/aromatic N) is 4. The average Bonchev–Trinajstić information content (AvgIpc) is 3.45. The Balaban J connectivity index is 1.50. The Kier molecular flexibility index (Phi) is 6.92. The van der Waals surface area contributed by atoms with Crippen LogP contribution in [0.4, 0.5) is 4.39 Å².